The van der Waals surface area contributed by atoms with Crippen molar-refractivity contribution >= 4 is 23.5 Å². The van der Waals surface area contributed by atoms with Crippen LogP contribution in [0.2, 0.25) is 0 Å². The third kappa shape index (κ3) is 5.71. The molecule has 2 rings (SSSR count). The van der Waals surface area contributed by atoms with E-state index < -0.39 is 0 Å². The van der Waals surface area contributed by atoms with Gasteiger partial charge >= 0.3 is 6.03 Å². The van der Waals surface area contributed by atoms with Gasteiger partial charge in [0.05, 0.1) is 0 Å². The number of rotatable bonds is 7. The average molecular weight is 403 g/mol. The van der Waals surface area contributed by atoms with E-state index in [0.29, 0.717) is 63.4 Å². The molecule has 160 valence electrons. The fraction of sp³-hybridized carbons (Fsp3) is 0.591. The van der Waals surface area contributed by atoms with Crippen LogP contribution in [0.3, 0.4) is 0 Å². The number of likely N-dealkylation sites (tertiary alicyclic amines) is 1. The Bertz CT molecular complexity index is 706. The quantitative estimate of drug-likeness (QED) is 0.761. The fourth-order valence-electron chi connectivity index (χ4n) is 3.69. The number of anilines is 1. The minimum Gasteiger partial charge on any atom is -0.339 e. The second-order valence-corrected chi connectivity index (χ2v) is 7.26. The smallest absolute Gasteiger partial charge is 0.319 e. The summed E-state index contributed by atoms with van der Waals surface area (Å²) in [5.41, 5.74) is 1.21. The Morgan fingerprint density at radius 1 is 0.966 bits per heavy atom. The summed E-state index contributed by atoms with van der Waals surface area (Å²) < 4.78 is 0. The Kier molecular flexibility index (Phi) is 8.49. The van der Waals surface area contributed by atoms with Crippen LogP contribution in [0.5, 0.6) is 0 Å². The van der Waals surface area contributed by atoms with Crippen molar-refractivity contribution in [3.8, 4) is 0 Å². The van der Waals surface area contributed by atoms with Gasteiger partial charge in [-0.25, -0.2) is 4.79 Å². The number of nitrogens with one attached hydrogen (secondary N) is 1. The van der Waals surface area contributed by atoms with E-state index in [9.17, 15) is 14.4 Å². The predicted octanol–water partition coefficient (Wildman–Crippen LogP) is 3.28. The third-order valence-corrected chi connectivity index (χ3v) is 5.60. The molecule has 1 saturated heterocycles. The molecule has 0 bridgehead atoms. The van der Waals surface area contributed by atoms with Crippen molar-refractivity contribution in [3.05, 3.63) is 29.8 Å². The molecule has 7 heteroatoms. The van der Waals surface area contributed by atoms with Crippen LogP contribution in [0.1, 0.15) is 50.9 Å². The summed E-state index contributed by atoms with van der Waals surface area (Å²) in [5, 5.41) is 2.95. The molecule has 0 aliphatic carbocycles. The summed E-state index contributed by atoms with van der Waals surface area (Å²) in [7, 11) is 0. The van der Waals surface area contributed by atoms with Gasteiger partial charge in [0.25, 0.3) is 5.91 Å². The van der Waals surface area contributed by atoms with E-state index in [1.165, 1.54) is 0 Å². The molecule has 1 heterocycles. The van der Waals surface area contributed by atoms with Gasteiger partial charge in [0, 0.05) is 56.4 Å². The van der Waals surface area contributed by atoms with Crippen LogP contribution in [0.15, 0.2) is 24.3 Å². The van der Waals surface area contributed by atoms with E-state index in [1.807, 2.05) is 32.6 Å². The molecule has 0 atom stereocenters. The highest BCUT2D eigenvalue weighted by atomic mass is 16.2. The number of benzene rings is 1. The Balaban J connectivity index is 1.94. The van der Waals surface area contributed by atoms with Gasteiger partial charge in [-0.3, -0.25) is 9.59 Å². The lowest BCUT2D eigenvalue weighted by atomic mass is 9.96. The highest BCUT2D eigenvalue weighted by molar-refractivity contribution is 5.97. The van der Waals surface area contributed by atoms with Crippen LogP contribution in [0.4, 0.5) is 10.5 Å². The summed E-state index contributed by atoms with van der Waals surface area (Å²) in [4.78, 5) is 43.1. The standard InChI is InChI=1S/C22H34N4O3/c1-5-24(6-2)21(28)18-10-9-11-19(16-18)23-20(27)17-12-14-26(15-13-17)22(29)25(7-3)8-4/h9-11,16-17H,5-8,12-15H2,1-4H3,(H,23,27). The van der Waals surface area contributed by atoms with Gasteiger partial charge in [-0.05, 0) is 58.7 Å². The zero-order valence-electron chi connectivity index (χ0n) is 18.1. The Morgan fingerprint density at radius 2 is 1.55 bits per heavy atom. The van der Waals surface area contributed by atoms with E-state index in [-0.39, 0.29) is 23.8 Å². The molecule has 1 N–H and O–H groups in total. The van der Waals surface area contributed by atoms with Gasteiger partial charge in [-0.1, -0.05) is 6.07 Å². The maximum atomic E-state index is 12.7. The van der Waals surface area contributed by atoms with Gasteiger partial charge in [0.1, 0.15) is 0 Å². The SMILES string of the molecule is CCN(CC)C(=O)c1cccc(NC(=O)C2CCN(C(=O)N(CC)CC)CC2)c1. The van der Waals surface area contributed by atoms with Crippen molar-refractivity contribution in [2.45, 2.75) is 40.5 Å². The van der Waals surface area contributed by atoms with Crippen molar-refractivity contribution in [1.82, 2.24) is 14.7 Å². The largest absolute Gasteiger partial charge is 0.339 e. The maximum Gasteiger partial charge on any atom is 0.319 e. The lowest BCUT2D eigenvalue weighted by molar-refractivity contribution is -0.121. The predicted molar refractivity (Wildman–Crippen MR) is 115 cm³/mol. The molecule has 1 aromatic rings. The number of carbonyl (C=O) groups is 3. The second-order valence-electron chi connectivity index (χ2n) is 7.26. The summed E-state index contributed by atoms with van der Waals surface area (Å²) >= 11 is 0. The average Bonchev–Trinajstić information content (AvgIpc) is 2.75. The molecule has 7 nitrogen and oxygen atoms in total. The molecule has 1 aliphatic rings. The first-order valence-corrected chi connectivity index (χ1v) is 10.7. The second kappa shape index (κ2) is 10.8. The monoisotopic (exact) mass is 402 g/mol. The van der Waals surface area contributed by atoms with Crippen LogP contribution in [-0.2, 0) is 4.79 Å². The lowest BCUT2D eigenvalue weighted by Gasteiger charge is -2.34. The highest BCUT2D eigenvalue weighted by Crippen LogP contribution is 2.21. The van der Waals surface area contributed by atoms with E-state index in [0.717, 1.165) is 0 Å². The van der Waals surface area contributed by atoms with Crippen LogP contribution in [0, 0.1) is 5.92 Å². The molecule has 0 unspecified atom stereocenters. The fourth-order valence-corrected chi connectivity index (χ4v) is 3.69. The number of hydrogen-bond acceptors (Lipinski definition) is 3. The van der Waals surface area contributed by atoms with Gasteiger partial charge in [0.2, 0.25) is 5.91 Å². The lowest BCUT2D eigenvalue weighted by Crippen LogP contribution is -2.47. The molecule has 0 saturated carbocycles. The summed E-state index contributed by atoms with van der Waals surface area (Å²) in [5.74, 6) is -0.209. The molecule has 4 amide bonds. The highest BCUT2D eigenvalue weighted by Gasteiger charge is 2.29. The normalized spacial score (nSPS) is 14.4. The first kappa shape index (κ1) is 22.7. The van der Waals surface area contributed by atoms with Gasteiger partial charge < -0.3 is 20.0 Å². The maximum absolute atomic E-state index is 12.7. The summed E-state index contributed by atoms with van der Waals surface area (Å²) in [6.07, 6.45) is 1.30. The van der Waals surface area contributed by atoms with E-state index in [4.69, 9.17) is 0 Å². The van der Waals surface area contributed by atoms with Crippen LogP contribution in [0.25, 0.3) is 0 Å². The minimum absolute atomic E-state index is 0.0330. The molecule has 1 fully saturated rings. The number of nitrogens with zero attached hydrogens (tertiary/aromatic N) is 3. The third-order valence-electron chi connectivity index (χ3n) is 5.60. The van der Waals surface area contributed by atoms with Crippen molar-refractivity contribution in [2.24, 2.45) is 5.92 Å². The van der Waals surface area contributed by atoms with Gasteiger partial charge in [0.15, 0.2) is 0 Å². The first-order valence-electron chi connectivity index (χ1n) is 10.7. The summed E-state index contributed by atoms with van der Waals surface area (Å²) in [6, 6.07) is 7.15. The van der Waals surface area contributed by atoms with Crippen molar-refractivity contribution in [2.75, 3.05) is 44.6 Å². The number of carbonyl (C=O) groups excluding carboxylic acids is 3. The van der Waals surface area contributed by atoms with E-state index >= 15 is 0 Å². The van der Waals surface area contributed by atoms with Gasteiger partial charge in [-0.15, -0.1) is 0 Å². The number of hydrogen-bond donors (Lipinski definition) is 1. The van der Waals surface area contributed by atoms with Crippen molar-refractivity contribution in [3.63, 3.8) is 0 Å². The zero-order chi connectivity index (χ0) is 21.4. The molecular weight excluding hydrogens is 368 g/mol. The minimum atomic E-state index is -0.127. The summed E-state index contributed by atoms with van der Waals surface area (Å²) in [6.45, 7) is 11.7. The first-order chi connectivity index (χ1) is 13.9. The zero-order valence-corrected chi connectivity index (χ0v) is 18.1. The van der Waals surface area contributed by atoms with Crippen LogP contribution >= 0.6 is 0 Å². The van der Waals surface area contributed by atoms with Crippen molar-refractivity contribution in [1.29, 1.82) is 0 Å². The van der Waals surface area contributed by atoms with Gasteiger partial charge in [-0.2, -0.15) is 0 Å². The Labute approximate surface area is 174 Å². The number of piperidine rings is 1. The topological polar surface area (TPSA) is 73.0 Å². The molecule has 0 spiro atoms. The molecular formula is C22H34N4O3. The van der Waals surface area contributed by atoms with E-state index in [2.05, 4.69) is 5.32 Å². The Hall–Kier alpha value is -2.57. The molecule has 0 radical (unpaired) electrons. The molecule has 1 aromatic carbocycles. The molecule has 1 aliphatic heterocycles. The van der Waals surface area contributed by atoms with Crippen LogP contribution in [-0.4, -0.2) is 71.8 Å². The molecule has 0 aromatic heterocycles. The van der Waals surface area contributed by atoms with Crippen LogP contribution < -0.4 is 5.32 Å². The Morgan fingerprint density at radius 3 is 2.10 bits per heavy atom. The van der Waals surface area contributed by atoms with E-state index in [1.54, 1.807) is 34.1 Å². The number of amides is 4. The van der Waals surface area contributed by atoms with Crippen molar-refractivity contribution < 1.29 is 14.4 Å². The molecule has 29 heavy (non-hydrogen) atoms. The number of urea groups is 1.